The van der Waals surface area contributed by atoms with Crippen molar-refractivity contribution in [2.75, 3.05) is 13.2 Å². The Morgan fingerprint density at radius 1 is 0.633 bits per heavy atom. The molecular weight excluding hydrogens is 604 g/mol. The molecule has 0 saturated heterocycles. The maximum atomic E-state index is 11.8. The lowest BCUT2D eigenvalue weighted by Crippen LogP contribution is -2.33. The van der Waals surface area contributed by atoms with Gasteiger partial charge in [-0.1, -0.05) is 91.1 Å². The fourth-order valence-corrected chi connectivity index (χ4v) is 9.56. The normalized spacial score (nSPS) is 28.7. The summed E-state index contributed by atoms with van der Waals surface area (Å²) >= 11 is 0. The van der Waals surface area contributed by atoms with Gasteiger partial charge in [-0.25, -0.2) is 9.59 Å². The highest BCUT2D eigenvalue weighted by atomic mass is 16.5. The van der Waals surface area contributed by atoms with Gasteiger partial charge in [0.25, 0.3) is 0 Å². The van der Waals surface area contributed by atoms with Crippen molar-refractivity contribution >= 4 is 11.9 Å². The first kappa shape index (κ1) is 37.1. The van der Waals surface area contributed by atoms with Crippen molar-refractivity contribution in [2.45, 2.75) is 112 Å². The Kier molecular flexibility index (Phi) is 11.7. The lowest BCUT2D eigenvalue weighted by atomic mass is 9.65. The van der Waals surface area contributed by atoms with Gasteiger partial charge >= 0.3 is 11.9 Å². The molecule has 0 bridgehead atoms. The van der Waals surface area contributed by atoms with Crippen molar-refractivity contribution in [1.29, 1.82) is 0 Å². The Balaban J connectivity index is 1.19. The third kappa shape index (κ3) is 8.10. The Morgan fingerprint density at radius 2 is 0.980 bits per heavy atom. The molecule has 0 amide bonds. The Hall–Kier alpha value is -3.14. The summed E-state index contributed by atoms with van der Waals surface area (Å²) in [4.78, 5) is 23.7. The van der Waals surface area contributed by atoms with Crippen LogP contribution in [0.2, 0.25) is 0 Å². The third-order valence-corrected chi connectivity index (χ3v) is 13.4. The zero-order valence-electron chi connectivity index (χ0n) is 31.7. The van der Waals surface area contributed by atoms with Gasteiger partial charge in [-0.3, -0.25) is 0 Å². The van der Waals surface area contributed by atoms with E-state index < -0.39 is 0 Å². The summed E-state index contributed by atoms with van der Waals surface area (Å²) in [6.45, 7) is 26.3. The summed E-state index contributed by atoms with van der Waals surface area (Å²) < 4.78 is 10.9. The lowest BCUT2D eigenvalue weighted by Gasteiger charge is -2.40. The van der Waals surface area contributed by atoms with Crippen LogP contribution >= 0.6 is 0 Å². The molecule has 3 aliphatic carbocycles. The Morgan fingerprint density at radius 3 is 1.35 bits per heavy atom. The topological polar surface area (TPSA) is 52.6 Å². The average Bonchev–Trinajstić information content (AvgIpc) is 3.28. The van der Waals surface area contributed by atoms with Crippen LogP contribution in [0.4, 0.5) is 0 Å². The maximum Gasteiger partial charge on any atom is 0.333 e. The van der Waals surface area contributed by atoms with Gasteiger partial charge in [0, 0.05) is 16.6 Å². The third-order valence-electron chi connectivity index (χ3n) is 13.4. The molecule has 49 heavy (non-hydrogen) atoms. The molecule has 2 fully saturated rings. The molecule has 0 spiro atoms. The molecule has 0 heterocycles. The molecule has 266 valence electrons. The van der Waals surface area contributed by atoms with E-state index in [2.05, 4.69) is 91.1 Å². The summed E-state index contributed by atoms with van der Waals surface area (Å²) in [6.07, 6.45) is 9.01. The standard InChI is InChI=1S/C45H62O4/c1-27(2)43(46)48-21-19-35-13-15-37(31(7)29(35)5)23-33-11-17-39-40-18-12-34(26-42(40)45(9,10)41(39)25-33)24-38-16-14-36(30(6)32(38)8)20-22-49-44(47)28(3)4/h11-12,17-18,25-26,29-32,35-38H,1,3,13-16,19-24H2,2,4-10H3. The molecule has 2 aromatic rings. The Bertz CT molecular complexity index is 1430. The minimum absolute atomic E-state index is 0.0216. The van der Waals surface area contributed by atoms with Crippen molar-refractivity contribution < 1.29 is 19.1 Å². The fourth-order valence-electron chi connectivity index (χ4n) is 9.56. The number of fused-ring (bicyclic) bond motifs is 3. The number of benzene rings is 2. The number of hydrogen-bond donors (Lipinski definition) is 0. The SMILES string of the molecule is C=C(C)C(=O)OCCC1CCC(Cc2ccc3c(c2)C(C)(C)c2cc(CC4CCC(CCOC(=O)C(=C)C)C(C)C4C)ccc2-3)C(C)C1C. The molecule has 8 atom stereocenters. The van der Waals surface area contributed by atoms with E-state index in [1.807, 2.05) is 0 Å². The summed E-state index contributed by atoms with van der Waals surface area (Å²) in [7, 11) is 0. The minimum atomic E-state index is -0.271. The highest BCUT2D eigenvalue weighted by Gasteiger charge is 2.38. The van der Waals surface area contributed by atoms with Crippen molar-refractivity contribution in [3.8, 4) is 11.1 Å². The molecular formula is C45H62O4. The van der Waals surface area contributed by atoms with Crippen LogP contribution in [-0.2, 0) is 37.3 Å². The predicted molar refractivity (Wildman–Crippen MR) is 201 cm³/mol. The van der Waals surface area contributed by atoms with E-state index in [0.29, 0.717) is 71.7 Å². The first-order chi connectivity index (χ1) is 23.2. The molecule has 4 nitrogen and oxygen atoms in total. The van der Waals surface area contributed by atoms with E-state index in [1.165, 1.54) is 59.1 Å². The van der Waals surface area contributed by atoms with Crippen LogP contribution in [0.25, 0.3) is 11.1 Å². The molecule has 0 radical (unpaired) electrons. The van der Waals surface area contributed by atoms with Gasteiger partial charge < -0.3 is 9.47 Å². The quantitative estimate of drug-likeness (QED) is 0.167. The van der Waals surface area contributed by atoms with E-state index in [9.17, 15) is 9.59 Å². The second kappa shape index (κ2) is 15.4. The van der Waals surface area contributed by atoms with E-state index in [4.69, 9.17) is 9.47 Å². The summed E-state index contributed by atoms with van der Waals surface area (Å²) in [5, 5.41) is 0. The number of esters is 2. The summed E-state index contributed by atoms with van der Waals surface area (Å²) in [5.41, 5.74) is 9.61. The number of ether oxygens (including phenoxy) is 2. The molecule has 0 aromatic heterocycles. The van der Waals surface area contributed by atoms with E-state index in [0.717, 1.165) is 25.7 Å². The van der Waals surface area contributed by atoms with Gasteiger partial charge in [0.15, 0.2) is 0 Å². The van der Waals surface area contributed by atoms with E-state index in [-0.39, 0.29) is 17.4 Å². The number of rotatable bonds is 12. The number of carbonyl (C=O) groups excluding carboxylic acids is 2. The van der Waals surface area contributed by atoms with Crippen LogP contribution in [0.15, 0.2) is 60.7 Å². The smallest absolute Gasteiger partial charge is 0.333 e. The molecule has 3 aliphatic rings. The van der Waals surface area contributed by atoms with Crippen molar-refractivity contribution in [3.05, 3.63) is 83.0 Å². The second-order valence-corrected chi connectivity index (χ2v) is 16.8. The fraction of sp³-hybridized carbons (Fsp3) is 0.600. The van der Waals surface area contributed by atoms with Gasteiger partial charge in [0.2, 0.25) is 0 Å². The summed E-state index contributed by atoms with van der Waals surface area (Å²) in [6, 6.07) is 14.6. The van der Waals surface area contributed by atoms with Crippen LogP contribution in [0.5, 0.6) is 0 Å². The largest absolute Gasteiger partial charge is 0.462 e. The molecule has 4 heteroatoms. The zero-order chi connectivity index (χ0) is 35.6. The molecule has 0 N–H and O–H groups in total. The first-order valence-corrected chi connectivity index (χ1v) is 19.1. The van der Waals surface area contributed by atoms with Gasteiger partial charge in [0.05, 0.1) is 13.2 Å². The molecule has 2 saturated carbocycles. The van der Waals surface area contributed by atoms with Gasteiger partial charge in [-0.15, -0.1) is 0 Å². The highest BCUT2D eigenvalue weighted by molar-refractivity contribution is 5.87. The monoisotopic (exact) mass is 666 g/mol. The lowest BCUT2D eigenvalue weighted by molar-refractivity contribution is -0.140. The van der Waals surface area contributed by atoms with Crippen molar-refractivity contribution in [2.24, 2.45) is 47.3 Å². The average molecular weight is 667 g/mol. The minimum Gasteiger partial charge on any atom is -0.462 e. The first-order valence-electron chi connectivity index (χ1n) is 19.1. The van der Waals surface area contributed by atoms with Gasteiger partial charge in [-0.05, 0) is 146 Å². The van der Waals surface area contributed by atoms with E-state index >= 15 is 0 Å². The molecule has 5 rings (SSSR count). The number of carbonyl (C=O) groups is 2. The zero-order valence-corrected chi connectivity index (χ0v) is 31.7. The van der Waals surface area contributed by atoms with Crippen LogP contribution in [0.3, 0.4) is 0 Å². The molecule has 8 unspecified atom stereocenters. The highest BCUT2D eigenvalue weighted by Crippen LogP contribution is 2.50. The van der Waals surface area contributed by atoms with Crippen LogP contribution in [0, 0.1) is 47.3 Å². The number of hydrogen-bond acceptors (Lipinski definition) is 4. The summed E-state index contributed by atoms with van der Waals surface area (Å²) in [5.74, 6) is 4.51. The van der Waals surface area contributed by atoms with Crippen molar-refractivity contribution in [3.63, 3.8) is 0 Å². The van der Waals surface area contributed by atoms with E-state index in [1.54, 1.807) is 13.8 Å². The van der Waals surface area contributed by atoms with Crippen LogP contribution in [0.1, 0.15) is 116 Å². The Labute approximate surface area is 297 Å². The van der Waals surface area contributed by atoms with Crippen LogP contribution < -0.4 is 0 Å². The predicted octanol–water partition coefficient (Wildman–Crippen LogP) is 10.7. The maximum absolute atomic E-state index is 11.8. The van der Waals surface area contributed by atoms with Gasteiger partial charge in [0.1, 0.15) is 0 Å². The van der Waals surface area contributed by atoms with Crippen LogP contribution in [-0.4, -0.2) is 25.2 Å². The molecule has 2 aromatic carbocycles. The second-order valence-electron chi connectivity index (χ2n) is 16.8. The van der Waals surface area contributed by atoms with Crippen molar-refractivity contribution in [1.82, 2.24) is 0 Å². The van der Waals surface area contributed by atoms with Gasteiger partial charge in [-0.2, -0.15) is 0 Å². The molecule has 0 aliphatic heterocycles.